The number of nitrogens with one attached hydrogen (secondary N) is 1. The quantitative estimate of drug-likeness (QED) is 0.371. The molecule has 9 heteroatoms. The Morgan fingerprint density at radius 3 is 2.69 bits per heavy atom. The fourth-order valence-electron chi connectivity index (χ4n) is 2.93. The van der Waals surface area contributed by atoms with Crippen LogP contribution >= 0.6 is 0 Å². The summed E-state index contributed by atoms with van der Waals surface area (Å²) in [6, 6.07) is 5.38. The van der Waals surface area contributed by atoms with Gasteiger partial charge in [-0.2, -0.15) is 0 Å². The summed E-state index contributed by atoms with van der Waals surface area (Å²) < 4.78 is 30.5. The number of esters is 1. The molecule has 0 spiro atoms. The number of carbonyl (C=O) groups excluding carboxylic acids is 2. The minimum Gasteiger partial charge on any atom is -0.449 e. The number of hydroxylamine groups is 1. The first-order valence-electron chi connectivity index (χ1n) is 9.55. The zero-order valence-electron chi connectivity index (χ0n) is 17.0. The van der Waals surface area contributed by atoms with Gasteiger partial charge in [0.1, 0.15) is 0 Å². The topological polar surface area (TPSA) is 102 Å². The molecule has 0 saturated heterocycles. The van der Waals surface area contributed by atoms with Gasteiger partial charge >= 0.3 is 5.97 Å². The first kappa shape index (κ1) is 23.1. The van der Waals surface area contributed by atoms with Gasteiger partial charge < -0.3 is 10.1 Å². The molecule has 0 aliphatic heterocycles. The molecule has 0 saturated carbocycles. The van der Waals surface area contributed by atoms with Crippen LogP contribution < -0.4 is 5.32 Å². The van der Waals surface area contributed by atoms with Crippen LogP contribution in [0.25, 0.3) is 0 Å². The minimum absolute atomic E-state index is 0.0302. The lowest BCUT2D eigenvalue weighted by Crippen LogP contribution is -2.36. The summed E-state index contributed by atoms with van der Waals surface area (Å²) >= 11 is 0. The van der Waals surface area contributed by atoms with Gasteiger partial charge in [0.15, 0.2) is 6.10 Å². The normalized spacial score (nSPS) is 15.5. The number of benzene rings is 1. The fraction of sp³-hybridized carbons (Fsp3) is 0.500. The van der Waals surface area contributed by atoms with Crippen molar-refractivity contribution in [2.24, 2.45) is 0 Å². The Hall–Kier alpha value is -2.23. The molecular formula is C20H28N2O6S. The molecule has 1 atom stereocenters. The van der Waals surface area contributed by atoms with E-state index in [1.807, 2.05) is 0 Å². The average molecular weight is 425 g/mol. The van der Waals surface area contributed by atoms with Crippen molar-refractivity contribution < 1.29 is 27.6 Å². The summed E-state index contributed by atoms with van der Waals surface area (Å²) in [6.45, 7) is 1.97. The van der Waals surface area contributed by atoms with E-state index in [2.05, 4.69) is 11.4 Å². The maximum absolute atomic E-state index is 12.3. The third-order valence-electron chi connectivity index (χ3n) is 4.75. The van der Waals surface area contributed by atoms with E-state index < -0.39 is 28.0 Å². The van der Waals surface area contributed by atoms with Crippen LogP contribution in [-0.4, -0.2) is 51.6 Å². The van der Waals surface area contributed by atoms with E-state index in [-0.39, 0.29) is 10.5 Å². The summed E-state index contributed by atoms with van der Waals surface area (Å²) in [5.74, 6) is -1.17. The Balaban J connectivity index is 1.92. The summed E-state index contributed by atoms with van der Waals surface area (Å²) in [6.07, 6.45) is 6.57. The van der Waals surface area contributed by atoms with E-state index >= 15 is 0 Å². The number of hydrogen-bond donors (Lipinski definition) is 1. The van der Waals surface area contributed by atoms with Gasteiger partial charge in [-0.15, -0.1) is 0 Å². The van der Waals surface area contributed by atoms with Crippen molar-refractivity contribution in [1.29, 1.82) is 0 Å². The lowest BCUT2D eigenvalue weighted by atomic mass is 9.97. The Morgan fingerprint density at radius 2 is 2.03 bits per heavy atom. The fourth-order valence-corrected chi connectivity index (χ4v) is 3.95. The van der Waals surface area contributed by atoms with Gasteiger partial charge in [-0.25, -0.2) is 13.2 Å². The van der Waals surface area contributed by atoms with Crippen molar-refractivity contribution in [1.82, 2.24) is 9.79 Å². The Kier molecular flexibility index (Phi) is 8.36. The van der Waals surface area contributed by atoms with E-state index in [4.69, 9.17) is 9.57 Å². The number of nitrogens with zero attached hydrogens (tertiary/aromatic N) is 1. The van der Waals surface area contributed by atoms with Crippen molar-refractivity contribution in [2.45, 2.75) is 50.0 Å². The molecule has 0 heterocycles. The molecule has 0 fully saturated rings. The lowest BCUT2D eigenvalue weighted by Gasteiger charge is -2.16. The number of amides is 1. The van der Waals surface area contributed by atoms with Crippen LogP contribution in [0, 0.1) is 0 Å². The van der Waals surface area contributed by atoms with Gasteiger partial charge in [0, 0.05) is 13.6 Å². The third-order valence-corrected chi connectivity index (χ3v) is 6.42. The van der Waals surface area contributed by atoms with E-state index in [0.717, 1.165) is 19.3 Å². The van der Waals surface area contributed by atoms with Gasteiger partial charge in [-0.05, 0) is 57.2 Å². The first-order chi connectivity index (χ1) is 13.8. The molecule has 1 aromatic carbocycles. The highest BCUT2D eigenvalue weighted by molar-refractivity contribution is 7.89. The average Bonchev–Trinajstić information content (AvgIpc) is 2.73. The first-order valence-corrected chi connectivity index (χ1v) is 11.0. The van der Waals surface area contributed by atoms with Gasteiger partial charge in [0.2, 0.25) is 0 Å². The summed E-state index contributed by atoms with van der Waals surface area (Å²) in [5.41, 5.74) is 1.38. The smallest absolute Gasteiger partial charge is 0.338 e. The van der Waals surface area contributed by atoms with Crippen LogP contribution in [0.1, 0.15) is 49.4 Å². The van der Waals surface area contributed by atoms with E-state index in [1.165, 1.54) is 63.8 Å². The van der Waals surface area contributed by atoms with E-state index in [1.54, 1.807) is 0 Å². The van der Waals surface area contributed by atoms with Crippen molar-refractivity contribution >= 4 is 21.9 Å². The highest BCUT2D eigenvalue weighted by Gasteiger charge is 2.24. The molecule has 1 aliphatic carbocycles. The molecule has 0 aromatic heterocycles. The number of sulfonamides is 1. The predicted octanol–water partition coefficient (Wildman–Crippen LogP) is 2.42. The van der Waals surface area contributed by atoms with Crippen LogP contribution in [-0.2, 0) is 24.4 Å². The second-order valence-corrected chi connectivity index (χ2v) is 8.76. The SMILES string of the molecule is CON(C)S(=O)(=O)c1cccc(C(=O)O[C@@H](C)C(=O)NCCC2=CCCCC2)c1. The zero-order valence-corrected chi connectivity index (χ0v) is 17.8. The van der Waals surface area contributed by atoms with Gasteiger partial charge in [-0.3, -0.25) is 9.63 Å². The summed E-state index contributed by atoms with van der Waals surface area (Å²) in [5, 5.41) is 2.77. The molecule has 1 amide bonds. The summed E-state index contributed by atoms with van der Waals surface area (Å²) in [4.78, 5) is 29.1. The van der Waals surface area contributed by atoms with E-state index in [9.17, 15) is 18.0 Å². The molecule has 0 unspecified atom stereocenters. The molecule has 160 valence electrons. The van der Waals surface area contributed by atoms with Crippen LogP contribution in [0.15, 0.2) is 40.8 Å². The Labute approximate surface area is 171 Å². The number of carbonyl (C=O) groups is 2. The highest BCUT2D eigenvalue weighted by Crippen LogP contribution is 2.19. The molecular weight excluding hydrogens is 396 g/mol. The molecule has 29 heavy (non-hydrogen) atoms. The third kappa shape index (κ3) is 6.38. The van der Waals surface area contributed by atoms with Crippen molar-refractivity contribution in [3.05, 3.63) is 41.5 Å². The van der Waals surface area contributed by atoms with Crippen molar-refractivity contribution in [2.75, 3.05) is 20.7 Å². The standard InChI is InChI=1S/C20H28N2O6S/c1-15(19(23)21-13-12-16-8-5-4-6-9-16)28-20(24)17-10-7-11-18(14-17)29(25,26)22(2)27-3/h7-8,10-11,14-15H,4-6,9,12-13H2,1-3H3,(H,21,23)/t15-/m0/s1. The zero-order chi connectivity index (χ0) is 21.4. The highest BCUT2D eigenvalue weighted by atomic mass is 32.2. The number of ether oxygens (including phenoxy) is 1. The predicted molar refractivity (Wildman–Crippen MR) is 107 cm³/mol. The molecule has 8 nitrogen and oxygen atoms in total. The van der Waals surface area contributed by atoms with Gasteiger partial charge in [-0.1, -0.05) is 22.2 Å². The molecule has 0 bridgehead atoms. The minimum atomic E-state index is -3.89. The maximum atomic E-state index is 12.3. The van der Waals surface area contributed by atoms with Crippen molar-refractivity contribution in [3.63, 3.8) is 0 Å². The second kappa shape index (κ2) is 10.5. The number of rotatable bonds is 9. The van der Waals surface area contributed by atoms with E-state index in [0.29, 0.717) is 11.0 Å². The van der Waals surface area contributed by atoms with Crippen LogP contribution in [0.3, 0.4) is 0 Å². The molecule has 1 N–H and O–H groups in total. The lowest BCUT2D eigenvalue weighted by molar-refractivity contribution is -0.129. The monoisotopic (exact) mass is 424 g/mol. The molecule has 1 aromatic rings. The summed E-state index contributed by atoms with van der Waals surface area (Å²) in [7, 11) is -1.42. The van der Waals surface area contributed by atoms with Gasteiger partial charge in [0.25, 0.3) is 15.9 Å². The molecule has 0 radical (unpaired) electrons. The Morgan fingerprint density at radius 1 is 1.28 bits per heavy atom. The molecule has 2 rings (SSSR count). The van der Waals surface area contributed by atoms with Gasteiger partial charge in [0.05, 0.1) is 17.6 Å². The second-order valence-electron chi connectivity index (χ2n) is 6.82. The largest absolute Gasteiger partial charge is 0.449 e. The maximum Gasteiger partial charge on any atom is 0.338 e. The van der Waals surface area contributed by atoms with Crippen molar-refractivity contribution in [3.8, 4) is 0 Å². The van der Waals surface area contributed by atoms with Crippen LogP contribution in [0.4, 0.5) is 0 Å². The van der Waals surface area contributed by atoms with Crippen LogP contribution in [0.2, 0.25) is 0 Å². The number of allylic oxidation sites excluding steroid dienone is 1. The Bertz CT molecular complexity index is 865. The number of hydrogen-bond acceptors (Lipinski definition) is 6. The van der Waals surface area contributed by atoms with Crippen LogP contribution in [0.5, 0.6) is 0 Å². The molecule has 1 aliphatic rings.